The van der Waals surface area contributed by atoms with Crippen LogP contribution in [0.15, 0.2) is 54.6 Å². The molecule has 6 nitrogen and oxygen atoms in total. The maximum Gasteiger partial charge on any atom is 0.222 e. The van der Waals surface area contributed by atoms with Crippen molar-refractivity contribution in [2.75, 3.05) is 25.0 Å². The Labute approximate surface area is 196 Å². The van der Waals surface area contributed by atoms with E-state index in [9.17, 15) is 0 Å². The number of rotatable bonds is 12. The van der Waals surface area contributed by atoms with Crippen molar-refractivity contribution >= 4 is 11.9 Å². The van der Waals surface area contributed by atoms with Crippen molar-refractivity contribution in [3.63, 3.8) is 0 Å². The molecule has 1 aromatic heterocycles. The second-order valence-corrected chi connectivity index (χ2v) is 7.91. The highest BCUT2D eigenvalue weighted by Gasteiger charge is 2.14. The van der Waals surface area contributed by atoms with Crippen LogP contribution in [0.3, 0.4) is 0 Å². The smallest absolute Gasteiger partial charge is 0.222 e. The zero-order valence-electron chi connectivity index (χ0n) is 19.3. The van der Waals surface area contributed by atoms with Crippen LogP contribution in [0.5, 0.6) is 5.88 Å². The first kappa shape index (κ1) is 24.0. The molecule has 0 amide bonds. The zero-order valence-corrected chi connectivity index (χ0v) is 19.3. The first-order valence-corrected chi connectivity index (χ1v) is 11.3. The number of aromatic nitrogens is 1. The van der Waals surface area contributed by atoms with E-state index in [0.717, 1.165) is 54.9 Å². The van der Waals surface area contributed by atoms with Crippen LogP contribution in [0.1, 0.15) is 42.1 Å². The van der Waals surface area contributed by atoms with Crippen molar-refractivity contribution in [3.8, 4) is 23.1 Å². The third-order valence-corrected chi connectivity index (χ3v) is 5.25. The Kier molecular flexibility index (Phi) is 8.98. The number of nitrogens with zero attached hydrogens (tertiary/aromatic N) is 2. The number of hydrogen-bond acceptors (Lipinski definition) is 6. The first-order valence-electron chi connectivity index (χ1n) is 11.3. The number of nitrogens with one attached hydrogen (secondary N) is 3. The van der Waals surface area contributed by atoms with Gasteiger partial charge in [0.05, 0.1) is 17.3 Å². The minimum atomic E-state index is 0.379. The first-order chi connectivity index (χ1) is 16.1. The summed E-state index contributed by atoms with van der Waals surface area (Å²) >= 11 is 0. The molecular formula is C27H31N5O. The predicted molar refractivity (Wildman–Crippen MR) is 134 cm³/mol. The van der Waals surface area contributed by atoms with E-state index < -0.39 is 0 Å². The maximum absolute atomic E-state index is 9.14. The highest BCUT2D eigenvalue weighted by atomic mass is 16.5. The van der Waals surface area contributed by atoms with Gasteiger partial charge in [-0.15, -0.1) is 0 Å². The molecule has 0 saturated carbocycles. The molecular weight excluding hydrogens is 410 g/mol. The van der Waals surface area contributed by atoms with E-state index in [1.165, 1.54) is 11.8 Å². The Bertz CT molecular complexity index is 1090. The summed E-state index contributed by atoms with van der Waals surface area (Å²) in [5, 5.41) is 23.8. The Morgan fingerprint density at radius 1 is 1.06 bits per heavy atom. The van der Waals surface area contributed by atoms with Gasteiger partial charge in [-0.1, -0.05) is 48.9 Å². The summed E-state index contributed by atoms with van der Waals surface area (Å²) in [5.41, 5.74) is 5.90. The predicted octanol–water partition coefficient (Wildman–Crippen LogP) is 5.31. The van der Waals surface area contributed by atoms with Gasteiger partial charge in [0.25, 0.3) is 0 Å². The molecule has 0 radical (unpaired) electrons. The molecule has 0 spiro atoms. The lowest BCUT2D eigenvalue weighted by Crippen LogP contribution is -2.19. The van der Waals surface area contributed by atoms with E-state index in [2.05, 4.69) is 47.7 Å². The van der Waals surface area contributed by atoms with E-state index in [1.807, 2.05) is 30.3 Å². The highest BCUT2D eigenvalue weighted by Crippen LogP contribution is 2.33. The molecule has 0 fully saturated rings. The minimum Gasteiger partial charge on any atom is -0.472 e. The molecule has 3 aromatic rings. The van der Waals surface area contributed by atoms with Gasteiger partial charge in [0.2, 0.25) is 5.88 Å². The van der Waals surface area contributed by atoms with Crippen molar-refractivity contribution in [2.24, 2.45) is 0 Å². The number of nitriles is 1. The molecule has 0 unspecified atom stereocenters. The molecule has 33 heavy (non-hydrogen) atoms. The summed E-state index contributed by atoms with van der Waals surface area (Å²) in [6.45, 7) is 7.31. The SMILES string of the molecule is CCCNCCCNc1cc(-c2ccc(C#N)cc2)c(OCc2ccc(C)cc2)nc1C=N. The Hall–Kier alpha value is -3.69. The molecule has 1 heterocycles. The highest BCUT2D eigenvalue weighted by molar-refractivity contribution is 5.87. The summed E-state index contributed by atoms with van der Waals surface area (Å²) < 4.78 is 6.12. The average molecular weight is 442 g/mol. The van der Waals surface area contributed by atoms with Gasteiger partial charge in [0, 0.05) is 18.3 Å². The van der Waals surface area contributed by atoms with Gasteiger partial charge < -0.3 is 20.8 Å². The molecule has 170 valence electrons. The van der Waals surface area contributed by atoms with Crippen LogP contribution in [0, 0.1) is 23.7 Å². The van der Waals surface area contributed by atoms with Crippen LogP contribution in [0.25, 0.3) is 11.1 Å². The van der Waals surface area contributed by atoms with E-state index in [4.69, 9.17) is 15.4 Å². The third-order valence-electron chi connectivity index (χ3n) is 5.25. The van der Waals surface area contributed by atoms with Gasteiger partial charge >= 0.3 is 0 Å². The van der Waals surface area contributed by atoms with Crippen LogP contribution < -0.4 is 15.4 Å². The molecule has 3 N–H and O–H groups in total. The lowest BCUT2D eigenvalue weighted by molar-refractivity contribution is 0.295. The molecule has 0 aliphatic carbocycles. The minimum absolute atomic E-state index is 0.379. The Balaban J connectivity index is 1.86. The van der Waals surface area contributed by atoms with Crippen LogP contribution >= 0.6 is 0 Å². The number of benzene rings is 2. The van der Waals surface area contributed by atoms with Gasteiger partial charge in [0.1, 0.15) is 12.3 Å². The van der Waals surface area contributed by atoms with Crippen molar-refractivity contribution in [2.45, 2.75) is 33.3 Å². The van der Waals surface area contributed by atoms with Gasteiger partial charge in [0.15, 0.2) is 0 Å². The zero-order chi connectivity index (χ0) is 23.5. The van der Waals surface area contributed by atoms with Gasteiger partial charge in [-0.25, -0.2) is 4.98 Å². The van der Waals surface area contributed by atoms with Crippen molar-refractivity contribution in [1.29, 1.82) is 10.7 Å². The van der Waals surface area contributed by atoms with Gasteiger partial charge in [-0.2, -0.15) is 5.26 Å². The maximum atomic E-state index is 9.14. The van der Waals surface area contributed by atoms with E-state index in [1.54, 1.807) is 12.1 Å². The Morgan fingerprint density at radius 3 is 2.48 bits per heavy atom. The van der Waals surface area contributed by atoms with Crippen molar-refractivity contribution in [1.82, 2.24) is 10.3 Å². The molecule has 0 bridgehead atoms. The quantitative estimate of drug-likeness (QED) is 0.262. The van der Waals surface area contributed by atoms with Gasteiger partial charge in [-0.3, -0.25) is 0 Å². The third kappa shape index (κ3) is 6.90. The second-order valence-electron chi connectivity index (χ2n) is 7.91. The summed E-state index contributed by atoms with van der Waals surface area (Å²) in [7, 11) is 0. The van der Waals surface area contributed by atoms with Gasteiger partial charge in [-0.05, 0) is 62.2 Å². The summed E-state index contributed by atoms with van der Waals surface area (Å²) in [4.78, 5) is 4.66. The largest absolute Gasteiger partial charge is 0.472 e. The monoisotopic (exact) mass is 441 g/mol. The topological polar surface area (TPSA) is 93.8 Å². The fraction of sp³-hybridized carbons (Fsp3) is 0.296. The van der Waals surface area contributed by atoms with Crippen molar-refractivity contribution in [3.05, 3.63) is 77.0 Å². The number of anilines is 1. The molecule has 0 aliphatic rings. The lowest BCUT2D eigenvalue weighted by Gasteiger charge is -2.16. The van der Waals surface area contributed by atoms with E-state index in [-0.39, 0.29) is 0 Å². The molecule has 6 heteroatoms. The molecule has 0 aliphatic heterocycles. The summed E-state index contributed by atoms with van der Waals surface area (Å²) in [5.74, 6) is 0.467. The van der Waals surface area contributed by atoms with E-state index >= 15 is 0 Å². The number of pyridine rings is 1. The van der Waals surface area contributed by atoms with Crippen LogP contribution in [-0.4, -0.2) is 30.8 Å². The van der Waals surface area contributed by atoms with E-state index in [0.29, 0.717) is 23.7 Å². The molecule has 2 aromatic carbocycles. The fourth-order valence-corrected chi connectivity index (χ4v) is 3.38. The summed E-state index contributed by atoms with van der Waals surface area (Å²) in [6, 6.07) is 19.7. The van der Waals surface area contributed by atoms with Crippen LogP contribution in [0.2, 0.25) is 0 Å². The van der Waals surface area contributed by atoms with Crippen molar-refractivity contribution < 1.29 is 4.74 Å². The fourth-order valence-electron chi connectivity index (χ4n) is 3.38. The normalized spacial score (nSPS) is 10.5. The molecule has 0 saturated heterocycles. The Morgan fingerprint density at radius 2 is 1.82 bits per heavy atom. The summed E-state index contributed by atoms with van der Waals surface area (Å²) in [6.07, 6.45) is 3.33. The van der Waals surface area contributed by atoms with Crippen LogP contribution in [-0.2, 0) is 6.61 Å². The number of hydrogen-bond donors (Lipinski definition) is 3. The second kappa shape index (κ2) is 12.4. The number of aryl methyl sites for hydroxylation is 1. The molecule has 0 atom stereocenters. The molecule has 3 rings (SSSR count). The number of ether oxygens (including phenoxy) is 1. The average Bonchev–Trinajstić information content (AvgIpc) is 2.86. The lowest BCUT2D eigenvalue weighted by atomic mass is 10.0. The standard InChI is InChI=1S/C27H31N5O/c1-3-13-30-14-4-15-31-25-16-24(23-11-9-21(17-28)10-12-23)27(32-26(25)18-29)33-19-22-7-5-20(2)6-8-22/h5-12,16,18,29-31H,3-4,13-15,19H2,1-2H3. The van der Waals surface area contributed by atoms with Crippen LogP contribution in [0.4, 0.5) is 5.69 Å².